The summed E-state index contributed by atoms with van der Waals surface area (Å²) in [7, 11) is 0. The van der Waals surface area contributed by atoms with E-state index in [1.54, 1.807) is 11.8 Å². The molecule has 1 aliphatic carbocycles. The van der Waals surface area contributed by atoms with Crippen LogP contribution < -0.4 is 10.1 Å². The molecule has 0 unspecified atom stereocenters. The zero-order chi connectivity index (χ0) is 16.4. The van der Waals surface area contributed by atoms with E-state index < -0.39 is 0 Å². The third kappa shape index (κ3) is 3.44. The number of carbonyl (C=O) groups excluding carboxylic acids is 1. The second kappa shape index (κ2) is 6.89. The highest BCUT2D eigenvalue weighted by Crippen LogP contribution is 2.37. The minimum Gasteiger partial charge on any atom is -0.490 e. The number of ether oxygens (including phenoxy) is 1. The van der Waals surface area contributed by atoms with Gasteiger partial charge in [-0.25, -0.2) is 0 Å². The monoisotopic (exact) mass is 339 g/mol. The van der Waals surface area contributed by atoms with Crippen LogP contribution in [-0.4, -0.2) is 17.3 Å². The lowest BCUT2D eigenvalue weighted by atomic mass is 10.1. The highest BCUT2D eigenvalue weighted by atomic mass is 32.2. The Hall–Kier alpha value is -1.94. The fraction of sp³-hybridized carbons (Fsp3) is 0.350. The molecule has 1 aliphatic heterocycles. The second-order valence-electron chi connectivity index (χ2n) is 6.46. The average Bonchev–Trinajstić information content (AvgIpc) is 3.24. The number of nitrogens with one attached hydrogen (secondary N) is 1. The lowest BCUT2D eigenvalue weighted by Crippen LogP contribution is -2.24. The number of thioether (sulfide) groups is 1. The average molecular weight is 339 g/mol. The molecule has 0 aromatic heterocycles. The Bertz CT molecular complexity index is 715. The minimum absolute atomic E-state index is 0.0539. The molecule has 1 fully saturated rings. The van der Waals surface area contributed by atoms with Crippen molar-refractivity contribution in [1.29, 1.82) is 0 Å². The van der Waals surface area contributed by atoms with Crippen molar-refractivity contribution in [2.24, 2.45) is 0 Å². The van der Waals surface area contributed by atoms with Crippen LogP contribution in [0.2, 0.25) is 0 Å². The van der Waals surface area contributed by atoms with E-state index in [0.717, 1.165) is 30.7 Å². The second-order valence-corrected chi connectivity index (χ2v) is 7.70. The molecule has 1 N–H and O–H groups in total. The molecule has 2 aromatic carbocycles. The molecule has 1 saturated carbocycles. The van der Waals surface area contributed by atoms with Gasteiger partial charge in [-0.1, -0.05) is 24.3 Å². The summed E-state index contributed by atoms with van der Waals surface area (Å²) in [6.07, 6.45) is 5.89. The van der Waals surface area contributed by atoms with E-state index in [4.69, 9.17) is 4.74 Å². The SMILES string of the molecule is O=C(Nc1cccc(OC2CCCC2)c1)[C@H]1Cc2ccccc2S1. The molecule has 1 amide bonds. The van der Waals surface area contributed by atoms with Gasteiger partial charge in [-0.2, -0.15) is 0 Å². The molecular formula is C20H21NO2S. The maximum absolute atomic E-state index is 12.6. The Morgan fingerprint density at radius 3 is 2.75 bits per heavy atom. The lowest BCUT2D eigenvalue weighted by Gasteiger charge is -2.15. The van der Waals surface area contributed by atoms with Crippen LogP contribution in [0.5, 0.6) is 5.75 Å². The van der Waals surface area contributed by atoms with Crippen LogP contribution in [-0.2, 0) is 11.2 Å². The van der Waals surface area contributed by atoms with Crippen molar-refractivity contribution in [3.8, 4) is 5.75 Å². The first-order valence-corrected chi connectivity index (χ1v) is 9.48. The van der Waals surface area contributed by atoms with Gasteiger partial charge in [0.2, 0.25) is 5.91 Å². The summed E-state index contributed by atoms with van der Waals surface area (Å²) in [4.78, 5) is 13.8. The highest BCUT2D eigenvalue weighted by Gasteiger charge is 2.28. The molecule has 124 valence electrons. The Labute approximate surface area is 146 Å². The predicted octanol–water partition coefficient (Wildman–Crippen LogP) is 4.66. The van der Waals surface area contributed by atoms with Gasteiger partial charge in [0.05, 0.1) is 11.4 Å². The molecule has 24 heavy (non-hydrogen) atoms. The summed E-state index contributed by atoms with van der Waals surface area (Å²) < 4.78 is 6.02. The van der Waals surface area contributed by atoms with Crippen molar-refractivity contribution in [2.75, 3.05) is 5.32 Å². The van der Waals surface area contributed by atoms with Crippen molar-refractivity contribution < 1.29 is 9.53 Å². The summed E-state index contributed by atoms with van der Waals surface area (Å²) in [6, 6.07) is 16.0. The van der Waals surface area contributed by atoms with Gasteiger partial charge in [0.15, 0.2) is 0 Å². The van der Waals surface area contributed by atoms with Crippen molar-refractivity contribution in [3.05, 3.63) is 54.1 Å². The first kappa shape index (κ1) is 15.6. The van der Waals surface area contributed by atoms with Crippen molar-refractivity contribution in [2.45, 2.75) is 48.4 Å². The molecule has 0 radical (unpaired) electrons. The van der Waals surface area contributed by atoms with E-state index in [1.165, 1.54) is 23.3 Å². The van der Waals surface area contributed by atoms with Crippen LogP contribution in [0, 0.1) is 0 Å². The summed E-state index contributed by atoms with van der Waals surface area (Å²) in [5.41, 5.74) is 2.08. The standard InChI is InChI=1S/C20H21NO2S/c22-20(19-12-14-6-1-4-11-18(14)24-19)21-15-7-5-10-17(13-15)23-16-8-2-3-9-16/h1,4-7,10-11,13,16,19H,2-3,8-9,12H2,(H,21,22)/t19-/m1/s1. The molecule has 0 bridgehead atoms. The van der Waals surface area contributed by atoms with Gasteiger partial charge in [0, 0.05) is 16.6 Å². The van der Waals surface area contributed by atoms with Gasteiger partial charge in [-0.05, 0) is 55.9 Å². The van der Waals surface area contributed by atoms with Gasteiger partial charge in [0.1, 0.15) is 5.75 Å². The number of fused-ring (bicyclic) bond motifs is 1. The molecule has 2 aliphatic rings. The van der Waals surface area contributed by atoms with Crippen LogP contribution in [0.3, 0.4) is 0 Å². The molecule has 0 saturated heterocycles. The van der Waals surface area contributed by atoms with Gasteiger partial charge >= 0.3 is 0 Å². The predicted molar refractivity (Wildman–Crippen MR) is 97.7 cm³/mol. The Kier molecular flexibility index (Phi) is 4.48. The molecule has 3 nitrogen and oxygen atoms in total. The molecule has 1 atom stereocenters. The minimum atomic E-state index is -0.0539. The van der Waals surface area contributed by atoms with Gasteiger partial charge in [-0.15, -0.1) is 11.8 Å². The van der Waals surface area contributed by atoms with Gasteiger partial charge in [-0.3, -0.25) is 4.79 Å². The summed E-state index contributed by atoms with van der Waals surface area (Å²) >= 11 is 1.65. The van der Waals surface area contributed by atoms with E-state index >= 15 is 0 Å². The van der Waals surface area contributed by atoms with Crippen LogP contribution >= 0.6 is 11.8 Å². The number of amides is 1. The zero-order valence-electron chi connectivity index (χ0n) is 13.5. The third-order valence-corrected chi connectivity index (χ3v) is 5.96. The summed E-state index contributed by atoms with van der Waals surface area (Å²) in [5.74, 6) is 0.913. The lowest BCUT2D eigenvalue weighted by molar-refractivity contribution is -0.115. The number of rotatable bonds is 4. The maximum Gasteiger partial charge on any atom is 0.238 e. The van der Waals surface area contributed by atoms with E-state index in [1.807, 2.05) is 36.4 Å². The number of carbonyl (C=O) groups is 1. The fourth-order valence-electron chi connectivity index (χ4n) is 3.40. The molecule has 4 heteroatoms. The summed E-state index contributed by atoms with van der Waals surface area (Å²) in [5, 5.41) is 2.99. The van der Waals surface area contributed by atoms with Crippen molar-refractivity contribution >= 4 is 23.4 Å². The maximum atomic E-state index is 12.6. The first-order chi connectivity index (χ1) is 11.8. The number of anilines is 1. The van der Waals surface area contributed by atoms with Crippen molar-refractivity contribution in [1.82, 2.24) is 0 Å². The largest absolute Gasteiger partial charge is 0.490 e. The quantitative estimate of drug-likeness (QED) is 0.880. The van der Waals surface area contributed by atoms with Crippen molar-refractivity contribution in [3.63, 3.8) is 0 Å². The van der Waals surface area contributed by atoms with Crippen LogP contribution in [0.4, 0.5) is 5.69 Å². The van der Waals surface area contributed by atoms with E-state index in [0.29, 0.717) is 6.10 Å². The highest BCUT2D eigenvalue weighted by molar-refractivity contribution is 8.01. The molecular weight excluding hydrogens is 318 g/mol. The fourth-order valence-corrected chi connectivity index (χ4v) is 4.59. The molecule has 4 rings (SSSR count). The zero-order valence-corrected chi connectivity index (χ0v) is 14.4. The number of benzene rings is 2. The smallest absolute Gasteiger partial charge is 0.238 e. The Balaban J connectivity index is 1.39. The normalized spacial score (nSPS) is 19.9. The van der Waals surface area contributed by atoms with E-state index in [-0.39, 0.29) is 11.2 Å². The van der Waals surface area contributed by atoms with Gasteiger partial charge in [0.25, 0.3) is 0 Å². The third-order valence-electron chi connectivity index (χ3n) is 4.65. The number of hydrogen-bond donors (Lipinski definition) is 1. The molecule has 2 aromatic rings. The molecule has 0 spiro atoms. The Morgan fingerprint density at radius 2 is 1.92 bits per heavy atom. The number of hydrogen-bond acceptors (Lipinski definition) is 3. The van der Waals surface area contributed by atoms with E-state index in [2.05, 4.69) is 17.4 Å². The summed E-state index contributed by atoms with van der Waals surface area (Å²) in [6.45, 7) is 0. The topological polar surface area (TPSA) is 38.3 Å². The Morgan fingerprint density at radius 1 is 1.08 bits per heavy atom. The molecule has 1 heterocycles. The van der Waals surface area contributed by atoms with Crippen LogP contribution in [0.25, 0.3) is 0 Å². The van der Waals surface area contributed by atoms with E-state index in [9.17, 15) is 4.79 Å². The van der Waals surface area contributed by atoms with Crippen LogP contribution in [0.15, 0.2) is 53.4 Å². The van der Waals surface area contributed by atoms with Gasteiger partial charge < -0.3 is 10.1 Å². The van der Waals surface area contributed by atoms with Crippen LogP contribution in [0.1, 0.15) is 31.2 Å². The first-order valence-electron chi connectivity index (χ1n) is 8.60.